The third-order valence-corrected chi connectivity index (χ3v) is 5.26. The van der Waals surface area contributed by atoms with Crippen molar-refractivity contribution >= 4 is 17.7 Å². The predicted molar refractivity (Wildman–Crippen MR) is 112 cm³/mol. The molecular weight excluding hydrogens is 386 g/mol. The van der Waals surface area contributed by atoms with Gasteiger partial charge in [-0.1, -0.05) is 50.3 Å². The van der Waals surface area contributed by atoms with Gasteiger partial charge in [0.2, 0.25) is 17.7 Å². The van der Waals surface area contributed by atoms with E-state index in [0.717, 1.165) is 12.0 Å². The lowest BCUT2D eigenvalue weighted by molar-refractivity contribution is -0.134. The number of hydrogen-bond donors (Lipinski definition) is 5. The molecule has 1 aromatic carbocycles. The van der Waals surface area contributed by atoms with Crippen molar-refractivity contribution in [3.05, 3.63) is 42.0 Å². The minimum atomic E-state index is -1.09. The number of rotatable bonds is 10. The van der Waals surface area contributed by atoms with Crippen LogP contribution in [0.1, 0.15) is 50.5 Å². The summed E-state index contributed by atoms with van der Waals surface area (Å²) in [4.78, 5) is 36.2. The summed E-state index contributed by atoms with van der Waals surface area (Å²) in [5, 5.41) is 23.3. The zero-order valence-electron chi connectivity index (χ0n) is 17.1. The molecule has 1 saturated carbocycles. The fraction of sp³-hybridized carbons (Fsp3) is 0.500. The van der Waals surface area contributed by atoms with Crippen LogP contribution in [0.4, 0.5) is 0 Å². The molecule has 1 aliphatic rings. The smallest absolute Gasteiger partial charge is 0.245 e. The summed E-state index contributed by atoms with van der Waals surface area (Å²) in [5.74, 6) is -0.958. The molecule has 1 aliphatic carbocycles. The van der Waals surface area contributed by atoms with Gasteiger partial charge in [0.15, 0.2) is 0 Å². The maximum absolute atomic E-state index is 12.4. The Hall–Kier alpha value is -2.87. The molecule has 0 spiro atoms. The van der Waals surface area contributed by atoms with E-state index in [4.69, 9.17) is 5.21 Å². The van der Waals surface area contributed by atoms with Gasteiger partial charge in [-0.2, -0.15) is 0 Å². The Bertz CT molecular complexity index is 727. The lowest BCUT2D eigenvalue weighted by atomic mass is 9.87. The number of aromatic hydroxyl groups is 1. The van der Waals surface area contributed by atoms with Gasteiger partial charge in [0, 0.05) is 6.54 Å². The minimum absolute atomic E-state index is 0.164. The highest BCUT2D eigenvalue weighted by molar-refractivity contribution is 5.95. The van der Waals surface area contributed by atoms with E-state index < -0.39 is 23.8 Å². The van der Waals surface area contributed by atoms with Gasteiger partial charge in [0.25, 0.3) is 0 Å². The Morgan fingerprint density at radius 2 is 1.80 bits per heavy atom. The first-order valence-corrected chi connectivity index (χ1v) is 10.4. The fourth-order valence-electron chi connectivity index (χ4n) is 3.57. The van der Waals surface area contributed by atoms with Crippen molar-refractivity contribution in [1.82, 2.24) is 16.1 Å². The summed E-state index contributed by atoms with van der Waals surface area (Å²) >= 11 is 0. The first-order valence-electron chi connectivity index (χ1n) is 10.4. The maximum atomic E-state index is 12.4. The highest BCUT2D eigenvalue weighted by atomic mass is 16.5. The number of allylic oxidation sites excluding steroid dienone is 1. The van der Waals surface area contributed by atoms with Gasteiger partial charge < -0.3 is 15.7 Å². The molecule has 3 amide bonds. The van der Waals surface area contributed by atoms with Crippen LogP contribution in [0.15, 0.2) is 36.4 Å². The Morgan fingerprint density at radius 3 is 2.47 bits per heavy atom. The maximum Gasteiger partial charge on any atom is 0.245 e. The van der Waals surface area contributed by atoms with Gasteiger partial charge in [-0.05, 0) is 42.5 Å². The molecule has 0 saturated heterocycles. The topological polar surface area (TPSA) is 128 Å². The molecule has 1 fully saturated rings. The molecule has 0 bridgehead atoms. The normalized spacial score (nSPS) is 15.5. The van der Waals surface area contributed by atoms with Gasteiger partial charge in [0.05, 0.1) is 6.42 Å². The molecule has 1 atom stereocenters. The first-order chi connectivity index (χ1) is 14.5. The van der Waals surface area contributed by atoms with E-state index in [-0.39, 0.29) is 12.2 Å². The average Bonchev–Trinajstić information content (AvgIpc) is 2.75. The van der Waals surface area contributed by atoms with Crippen molar-refractivity contribution in [2.75, 3.05) is 6.54 Å². The zero-order valence-corrected chi connectivity index (χ0v) is 17.1. The van der Waals surface area contributed by atoms with Crippen LogP contribution in [0.2, 0.25) is 0 Å². The van der Waals surface area contributed by atoms with Crippen LogP contribution in [-0.4, -0.2) is 40.6 Å². The van der Waals surface area contributed by atoms with Crippen LogP contribution in [0.25, 0.3) is 0 Å². The molecule has 0 aromatic heterocycles. The van der Waals surface area contributed by atoms with Crippen LogP contribution in [0.5, 0.6) is 5.75 Å². The number of carbonyl (C=O) groups is 3. The number of carbonyl (C=O) groups excluding carboxylic acids is 3. The summed E-state index contributed by atoms with van der Waals surface area (Å²) < 4.78 is 0. The van der Waals surface area contributed by atoms with E-state index in [9.17, 15) is 19.5 Å². The van der Waals surface area contributed by atoms with Crippen LogP contribution in [0, 0.1) is 5.92 Å². The first kappa shape index (κ1) is 23.4. The van der Waals surface area contributed by atoms with E-state index in [1.54, 1.807) is 24.3 Å². The number of amides is 3. The second-order valence-electron chi connectivity index (χ2n) is 7.65. The number of phenolic OH excluding ortho intramolecular Hbond substituents is 1. The van der Waals surface area contributed by atoms with E-state index in [1.807, 2.05) is 6.08 Å². The lowest BCUT2D eigenvalue weighted by Crippen LogP contribution is -2.48. The van der Waals surface area contributed by atoms with Crippen molar-refractivity contribution in [1.29, 1.82) is 0 Å². The zero-order chi connectivity index (χ0) is 21.8. The van der Waals surface area contributed by atoms with Crippen molar-refractivity contribution in [3.8, 4) is 5.75 Å². The molecule has 1 unspecified atom stereocenters. The fourth-order valence-corrected chi connectivity index (χ4v) is 3.57. The Morgan fingerprint density at radius 1 is 1.10 bits per heavy atom. The molecule has 30 heavy (non-hydrogen) atoms. The average molecular weight is 418 g/mol. The van der Waals surface area contributed by atoms with Gasteiger partial charge in [-0.3, -0.25) is 19.6 Å². The summed E-state index contributed by atoms with van der Waals surface area (Å²) in [6.45, 7) is 0.300. The largest absolute Gasteiger partial charge is 0.508 e. The molecule has 164 valence electrons. The molecule has 2 rings (SSSR count). The monoisotopic (exact) mass is 417 g/mol. The number of phenols is 1. The summed E-state index contributed by atoms with van der Waals surface area (Å²) in [6.07, 6.45) is 10.3. The minimum Gasteiger partial charge on any atom is -0.508 e. The van der Waals surface area contributed by atoms with Gasteiger partial charge in [-0.15, -0.1) is 0 Å². The van der Waals surface area contributed by atoms with Gasteiger partial charge in [0.1, 0.15) is 11.8 Å². The van der Waals surface area contributed by atoms with E-state index in [0.29, 0.717) is 18.9 Å². The van der Waals surface area contributed by atoms with E-state index in [2.05, 4.69) is 10.6 Å². The van der Waals surface area contributed by atoms with Crippen molar-refractivity contribution in [2.24, 2.45) is 5.92 Å². The van der Waals surface area contributed by atoms with Gasteiger partial charge in [-0.25, -0.2) is 5.48 Å². The standard InChI is InChI=1S/C22H31N3O5/c26-18-11-9-17(10-12-18)13-14-23-22(29)19(15-21(28)25-30)24-20(27)8-4-7-16-5-2-1-3-6-16/h4,8-12,16,19,26,30H,1-3,5-7,13-15H2,(H,23,29)(H,24,27)(H,25,28)/b8-4+. The molecule has 0 radical (unpaired) electrons. The van der Waals surface area contributed by atoms with Crippen LogP contribution in [0.3, 0.4) is 0 Å². The third kappa shape index (κ3) is 8.65. The second kappa shape index (κ2) is 12.6. The number of benzene rings is 1. The molecule has 5 N–H and O–H groups in total. The highest BCUT2D eigenvalue weighted by Gasteiger charge is 2.23. The molecule has 8 nitrogen and oxygen atoms in total. The molecule has 8 heteroatoms. The van der Waals surface area contributed by atoms with E-state index in [1.165, 1.54) is 43.7 Å². The quantitative estimate of drug-likeness (QED) is 0.226. The third-order valence-electron chi connectivity index (χ3n) is 5.26. The number of hydroxylamine groups is 1. The SMILES string of the molecule is O=C(/C=C/CC1CCCCC1)NC(CC(=O)NO)C(=O)NCCc1ccc(O)cc1. The number of hydrogen-bond acceptors (Lipinski definition) is 5. The Balaban J connectivity index is 1.83. The predicted octanol–water partition coefficient (Wildman–Crippen LogP) is 1.96. The lowest BCUT2D eigenvalue weighted by Gasteiger charge is -2.19. The van der Waals surface area contributed by atoms with Crippen molar-refractivity contribution in [3.63, 3.8) is 0 Å². The van der Waals surface area contributed by atoms with Crippen molar-refractivity contribution in [2.45, 2.75) is 57.4 Å². The molecule has 0 heterocycles. The molecular formula is C22H31N3O5. The Labute approximate surface area is 176 Å². The highest BCUT2D eigenvalue weighted by Crippen LogP contribution is 2.26. The van der Waals surface area contributed by atoms with Crippen LogP contribution >= 0.6 is 0 Å². The number of nitrogens with one attached hydrogen (secondary N) is 3. The Kier molecular flexibility index (Phi) is 9.86. The molecule has 0 aliphatic heterocycles. The van der Waals surface area contributed by atoms with Crippen LogP contribution < -0.4 is 16.1 Å². The second-order valence-corrected chi connectivity index (χ2v) is 7.65. The summed E-state index contributed by atoms with van der Waals surface area (Å²) in [7, 11) is 0. The molecule has 1 aromatic rings. The summed E-state index contributed by atoms with van der Waals surface area (Å²) in [6, 6.07) is 5.52. The van der Waals surface area contributed by atoms with Crippen LogP contribution in [-0.2, 0) is 20.8 Å². The van der Waals surface area contributed by atoms with Crippen molar-refractivity contribution < 1.29 is 24.7 Å². The summed E-state index contributed by atoms with van der Waals surface area (Å²) in [5.41, 5.74) is 2.41. The van der Waals surface area contributed by atoms with Gasteiger partial charge >= 0.3 is 0 Å². The van der Waals surface area contributed by atoms with E-state index >= 15 is 0 Å².